The second-order valence-corrected chi connectivity index (χ2v) is 12.6. The molecule has 1 saturated carbocycles. The summed E-state index contributed by atoms with van der Waals surface area (Å²) < 4.78 is 27.0. The molecule has 1 aliphatic carbocycles. The second-order valence-electron chi connectivity index (χ2n) is 12.6. The predicted octanol–water partition coefficient (Wildman–Crippen LogP) is 4.73. The fourth-order valence-corrected chi connectivity index (χ4v) is 5.98. The molecule has 14 nitrogen and oxygen atoms in total. The van der Waals surface area contributed by atoms with E-state index in [2.05, 4.69) is 15.1 Å². The molecule has 0 atom stereocenters. The first kappa shape index (κ1) is 36.3. The number of azide groups is 1. The molecule has 1 aromatic heterocycles. The van der Waals surface area contributed by atoms with Crippen molar-refractivity contribution in [3.63, 3.8) is 0 Å². The molecule has 266 valence electrons. The van der Waals surface area contributed by atoms with Crippen LogP contribution in [0, 0.1) is 11.7 Å². The van der Waals surface area contributed by atoms with Crippen molar-refractivity contribution in [1.82, 2.24) is 24.5 Å². The third kappa shape index (κ3) is 9.36. The van der Waals surface area contributed by atoms with Crippen LogP contribution in [0.25, 0.3) is 21.2 Å². The first-order valence-electron chi connectivity index (χ1n) is 17.1. The minimum atomic E-state index is -0.640. The van der Waals surface area contributed by atoms with E-state index in [1.165, 1.54) is 28.8 Å². The van der Waals surface area contributed by atoms with E-state index < -0.39 is 23.4 Å². The average molecular weight is 691 g/mol. The number of halogens is 1. The van der Waals surface area contributed by atoms with Gasteiger partial charge in [0.1, 0.15) is 12.5 Å². The zero-order chi connectivity index (χ0) is 35.5. The van der Waals surface area contributed by atoms with Gasteiger partial charge in [-0.3, -0.25) is 19.3 Å². The van der Waals surface area contributed by atoms with Crippen LogP contribution < -0.4 is 5.56 Å². The summed E-state index contributed by atoms with van der Waals surface area (Å²) >= 11 is 0. The predicted molar refractivity (Wildman–Crippen MR) is 183 cm³/mol. The standard InChI is InChI=1S/C35H43FN8O6/c1-49-21-19-43(35(48)50-20-7-3-2-6-14-38-40-37)24-44-34(47)28-9-5-4-8-27(28)31(39-44)23-25-10-13-30(36)29(22-25)33(46)42-17-15-41(16-18-42)32(45)26-11-12-26/h4-5,8-10,13,22,26H,2-3,6-7,11-12,14-21,23-24H2,1H3. The van der Waals surface area contributed by atoms with E-state index in [9.17, 15) is 19.2 Å². The molecule has 0 unspecified atom stereocenters. The maximum absolute atomic E-state index is 15.1. The lowest BCUT2D eigenvalue weighted by Crippen LogP contribution is -2.51. The number of aromatic nitrogens is 2. The monoisotopic (exact) mass is 690 g/mol. The molecule has 0 N–H and O–H groups in total. The maximum Gasteiger partial charge on any atom is 0.411 e. The van der Waals surface area contributed by atoms with Crippen LogP contribution in [0.5, 0.6) is 0 Å². The first-order valence-corrected chi connectivity index (χ1v) is 17.1. The molecule has 5 rings (SSSR count). The Bertz CT molecular complexity index is 1780. The Kier molecular flexibility index (Phi) is 12.8. The topological polar surface area (TPSA) is 163 Å². The van der Waals surface area contributed by atoms with Crippen molar-refractivity contribution in [3.8, 4) is 0 Å². The van der Waals surface area contributed by atoms with Crippen LogP contribution in [0.1, 0.15) is 60.1 Å². The number of rotatable bonds is 16. The van der Waals surface area contributed by atoms with Crippen LogP contribution >= 0.6 is 0 Å². The summed E-state index contributed by atoms with van der Waals surface area (Å²) in [5.41, 5.74) is 9.05. The van der Waals surface area contributed by atoms with E-state index in [1.807, 2.05) is 0 Å². The van der Waals surface area contributed by atoms with Gasteiger partial charge in [0.25, 0.3) is 11.5 Å². The van der Waals surface area contributed by atoms with Gasteiger partial charge in [-0.15, -0.1) is 0 Å². The smallest absolute Gasteiger partial charge is 0.411 e. The molecule has 0 spiro atoms. The first-order chi connectivity index (χ1) is 24.3. The summed E-state index contributed by atoms with van der Waals surface area (Å²) in [6.07, 6.45) is 4.44. The lowest BCUT2D eigenvalue weighted by molar-refractivity contribution is -0.134. The third-order valence-electron chi connectivity index (χ3n) is 8.95. The van der Waals surface area contributed by atoms with Gasteiger partial charge in [0, 0.05) is 69.0 Å². The van der Waals surface area contributed by atoms with Gasteiger partial charge in [-0.2, -0.15) is 5.10 Å². The zero-order valence-electron chi connectivity index (χ0n) is 28.3. The van der Waals surface area contributed by atoms with Gasteiger partial charge in [0.15, 0.2) is 0 Å². The lowest BCUT2D eigenvalue weighted by Gasteiger charge is -2.35. The number of hydrogen-bond acceptors (Lipinski definition) is 8. The fourth-order valence-electron chi connectivity index (χ4n) is 5.98. The molecular formula is C35H43FN8O6. The Hall–Kier alpha value is -5.01. The highest BCUT2D eigenvalue weighted by molar-refractivity contribution is 5.95. The number of amides is 3. The summed E-state index contributed by atoms with van der Waals surface area (Å²) in [5.74, 6) is -0.835. The Morgan fingerprint density at radius 3 is 2.44 bits per heavy atom. The van der Waals surface area contributed by atoms with Gasteiger partial charge >= 0.3 is 6.09 Å². The van der Waals surface area contributed by atoms with Crippen LogP contribution in [-0.4, -0.2) is 102 Å². The van der Waals surface area contributed by atoms with Crippen molar-refractivity contribution in [1.29, 1.82) is 0 Å². The number of fused-ring (bicyclic) bond motifs is 1. The highest BCUT2D eigenvalue weighted by atomic mass is 19.1. The number of methoxy groups -OCH3 is 1. The highest BCUT2D eigenvalue weighted by Gasteiger charge is 2.35. The second kappa shape index (κ2) is 17.6. The maximum atomic E-state index is 15.1. The molecule has 1 aliphatic heterocycles. The normalized spacial score (nSPS) is 14.4. The Morgan fingerprint density at radius 1 is 1.00 bits per heavy atom. The molecule has 2 heterocycles. The molecule has 2 fully saturated rings. The van der Waals surface area contributed by atoms with Crippen LogP contribution in [-0.2, 0) is 27.4 Å². The molecule has 3 amide bonds. The molecule has 2 aliphatic rings. The summed E-state index contributed by atoms with van der Waals surface area (Å²) in [5, 5.41) is 9.17. The molecule has 1 saturated heterocycles. The van der Waals surface area contributed by atoms with Crippen molar-refractivity contribution in [2.45, 2.75) is 51.6 Å². The van der Waals surface area contributed by atoms with E-state index in [-0.39, 0.29) is 50.2 Å². The van der Waals surface area contributed by atoms with Crippen LogP contribution in [0.3, 0.4) is 0 Å². The van der Waals surface area contributed by atoms with E-state index in [4.69, 9.17) is 15.0 Å². The van der Waals surface area contributed by atoms with Gasteiger partial charge in [0.05, 0.1) is 29.9 Å². The lowest BCUT2D eigenvalue weighted by atomic mass is 10.0. The molecule has 2 aromatic carbocycles. The minimum Gasteiger partial charge on any atom is -0.449 e. The van der Waals surface area contributed by atoms with Gasteiger partial charge in [-0.05, 0) is 55.0 Å². The molecule has 15 heteroatoms. The number of carbonyl (C=O) groups is 3. The van der Waals surface area contributed by atoms with Crippen LogP contribution in [0.2, 0.25) is 0 Å². The van der Waals surface area contributed by atoms with Crippen LogP contribution in [0.15, 0.2) is 52.4 Å². The number of unbranched alkanes of at least 4 members (excludes halogenated alkanes) is 3. The third-order valence-corrected chi connectivity index (χ3v) is 8.95. The quantitative estimate of drug-likeness (QED) is 0.0908. The molecular weight excluding hydrogens is 647 g/mol. The van der Waals surface area contributed by atoms with Crippen molar-refractivity contribution >= 4 is 28.7 Å². The number of carbonyl (C=O) groups excluding carboxylic acids is 3. The number of benzene rings is 2. The number of nitrogens with zero attached hydrogens (tertiary/aromatic N) is 8. The van der Waals surface area contributed by atoms with Gasteiger partial charge in [0.2, 0.25) is 5.91 Å². The summed E-state index contributed by atoms with van der Waals surface area (Å²) in [6.45, 7) is 2.31. The largest absolute Gasteiger partial charge is 0.449 e. The van der Waals surface area contributed by atoms with E-state index in [0.29, 0.717) is 61.2 Å². The number of ether oxygens (including phenoxy) is 2. The molecule has 0 bridgehead atoms. The number of piperazine rings is 1. The summed E-state index contributed by atoms with van der Waals surface area (Å²) in [6, 6.07) is 11.4. The average Bonchev–Trinajstić information content (AvgIpc) is 3.99. The van der Waals surface area contributed by atoms with E-state index in [0.717, 1.165) is 32.1 Å². The van der Waals surface area contributed by atoms with Crippen molar-refractivity contribution in [3.05, 3.63) is 85.9 Å². The van der Waals surface area contributed by atoms with Crippen molar-refractivity contribution in [2.24, 2.45) is 11.0 Å². The minimum absolute atomic E-state index is 0.0637. The van der Waals surface area contributed by atoms with Gasteiger partial charge in [-0.1, -0.05) is 42.2 Å². The van der Waals surface area contributed by atoms with Crippen molar-refractivity contribution in [2.75, 3.05) is 59.6 Å². The van der Waals surface area contributed by atoms with Crippen LogP contribution in [0.4, 0.5) is 9.18 Å². The highest BCUT2D eigenvalue weighted by Crippen LogP contribution is 2.31. The summed E-state index contributed by atoms with van der Waals surface area (Å²) in [4.78, 5) is 60.0. The molecule has 0 radical (unpaired) electrons. The fraction of sp³-hybridized carbons (Fsp3) is 0.514. The van der Waals surface area contributed by atoms with Crippen molar-refractivity contribution < 1.29 is 28.2 Å². The van der Waals surface area contributed by atoms with Gasteiger partial charge in [-0.25, -0.2) is 13.9 Å². The molecule has 3 aromatic rings. The van der Waals surface area contributed by atoms with Gasteiger partial charge < -0.3 is 19.3 Å². The Morgan fingerprint density at radius 2 is 1.72 bits per heavy atom. The zero-order valence-corrected chi connectivity index (χ0v) is 28.3. The SMILES string of the molecule is COCCN(Cn1nc(Cc2ccc(F)c(C(=O)N3CCN(C(=O)C4CC4)CC3)c2)c2ccccc2c1=O)C(=O)OCCCCCCN=[N+]=[N-]. The van der Waals surface area contributed by atoms with E-state index >= 15 is 4.39 Å². The van der Waals surface area contributed by atoms with E-state index in [1.54, 1.807) is 40.1 Å². The Balaban J connectivity index is 1.30. The number of hydrogen-bond donors (Lipinski definition) is 0. The summed E-state index contributed by atoms with van der Waals surface area (Å²) in [7, 11) is 1.51. The molecule has 50 heavy (non-hydrogen) atoms. The Labute approximate surface area is 289 Å².